The van der Waals surface area contributed by atoms with Crippen LogP contribution in [-0.4, -0.2) is 5.91 Å². The predicted molar refractivity (Wildman–Crippen MR) is 80.4 cm³/mol. The third kappa shape index (κ3) is 3.19. The van der Waals surface area contributed by atoms with Crippen LogP contribution < -0.4 is 5.32 Å². The van der Waals surface area contributed by atoms with Crippen LogP contribution in [0, 0.1) is 18.6 Å². The van der Waals surface area contributed by atoms with Gasteiger partial charge in [0.2, 0.25) is 0 Å². The lowest BCUT2D eigenvalue weighted by molar-refractivity contribution is 0.102. The third-order valence-corrected chi connectivity index (χ3v) is 3.60. The molecule has 0 atom stereocenters. The Bertz CT molecular complexity index is 691. The SMILES string of the molecule is Cc1cc(F)c(Br)cc1NC(=O)c1cc(S)ccc1F. The summed E-state index contributed by atoms with van der Waals surface area (Å²) in [5, 5.41) is 2.55. The molecule has 2 rings (SSSR count). The van der Waals surface area contributed by atoms with Gasteiger partial charge in [-0.3, -0.25) is 4.79 Å². The van der Waals surface area contributed by atoms with Gasteiger partial charge in [0.15, 0.2) is 0 Å². The highest BCUT2D eigenvalue weighted by Gasteiger charge is 2.14. The summed E-state index contributed by atoms with van der Waals surface area (Å²) in [6.07, 6.45) is 0. The van der Waals surface area contributed by atoms with E-state index in [9.17, 15) is 13.6 Å². The van der Waals surface area contributed by atoms with Crippen molar-refractivity contribution in [1.29, 1.82) is 0 Å². The number of carbonyl (C=O) groups excluding carboxylic acids is 1. The number of rotatable bonds is 2. The zero-order valence-electron chi connectivity index (χ0n) is 10.4. The zero-order valence-corrected chi connectivity index (χ0v) is 12.9. The fraction of sp³-hybridized carbons (Fsp3) is 0.0714. The fourth-order valence-electron chi connectivity index (χ4n) is 1.66. The van der Waals surface area contributed by atoms with Crippen molar-refractivity contribution in [2.75, 3.05) is 5.32 Å². The van der Waals surface area contributed by atoms with E-state index < -0.39 is 17.5 Å². The molecule has 0 saturated heterocycles. The average Bonchev–Trinajstić information content (AvgIpc) is 2.38. The highest BCUT2D eigenvalue weighted by Crippen LogP contribution is 2.25. The molecule has 0 bridgehead atoms. The van der Waals surface area contributed by atoms with Gasteiger partial charge in [0, 0.05) is 10.6 Å². The van der Waals surface area contributed by atoms with E-state index in [4.69, 9.17) is 0 Å². The number of benzene rings is 2. The molecule has 6 heteroatoms. The van der Waals surface area contributed by atoms with Crippen LogP contribution in [0.15, 0.2) is 39.7 Å². The van der Waals surface area contributed by atoms with Crippen molar-refractivity contribution in [3.63, 3.8) is 0 Å². The molecular weight excluding hydrogens is 348 g/mol. The van der Waals surface area contributed by atoms with Crippen molar-refractivity contribution in [2.24, 2.45) is 0 Å². The van der Waals surface area contributed by atoms with Crippen LogP contribution in [0.5, 0.6) is 0 Å². The molecule has 1 amide bonds. The van der Waals surface area contributed by atoms with Crippen molar-refractivity contribution in [3.8, 4) is 0 Å². The quantitative estimate of drug-likeness (QED) is 0.757. The topological polar surface area (TPSA) is 29.1 Å². The van der Waals surface area contributed by atoms with Gasteiger partial charge in [0.1, 0.15) is 11.6 Å². The summed E-state index contributed by atoms with van der Waals surface area (Å²) >= 11 is 7.11. The summed E-state index contributed by atoms with van der Waals surface area (Å²) in [6.45, 7) is 1.65. The summed E-state index contributed by atoms with van der Waals surface area (Å²) in [5.41, 5.74) is 0.839. The molecule has 0 aromatic heterocycles. The predicted octanol–water partition coefficient (Wildman–Crippen LogP) is 4.58. The maximum Gasteiger partial charge on any atom is 0.258 e. The van der Waals surface area contributed by atoms with E-state index in [1.165, 1.54) is 30.3 Å². The van der Waals surface area contributed by atoms with Crippen LogP contribution in [0.3, 0.4) is 0 Å². The Morgan fingerprint density at radius 1 is 1.20 bits per heavy atom. The molecule has 0 saturated carbocycles. The number of thiol groups is 1. The zero-order chi connectivity index (χ0) is 14.9. The minimum atomic E-state index is -0.640. The van der Waals surface area contributed by atoms with Crippen molar-refractivity contribution in [2.45, 2.75) is 11.8 Å². The Morgan fingerprint density at radius 3 is 2.60 bits per heavy atom. The molecule has 2 nitrogen and oxygen atoms in total. The lowest BCUT2D eigenvalue weighted by Crippen LogP contribution is -2.14. The Balaban J connectivity index is 2.32. The van der Waals surface area contributed by atoms with Crippen LogP contribution in [0.2, 0.25) is 0 Å². The molecule has 0 heterocycles. The molecule has 2 aromatic carbocycles. The van der Waals surface area contributed by atoms with E-state index in [1.807, 2.05) is 0 Å². The molecule has 0 fully saturated rings. The van der Waals surface area contributed by atoms with Gasteiger partial charge in [-0.1, -0.05) is 0 Å². The standard InChI is InChI=1S/C14H10BrF2NOS/c1-7-4-12(17)10(15)6-13(7)18-14(19)9-5-8(20)2-3-11(9)16/h2-6,20H,1H3,(H,18,19). The van der Waals surface area contributed by atoms with Gasteiger partial charge < -0.3 is 5.32 Å². The van der Waals surface area contributed by atoms with Crippen LogP contribution in [0.1, 0.15) is 15.9 Å². The number of anilines is 1. The lowest BCUT2D eigenvalue weighted by Gasteiger charge is -2.10. The Kier molecular flexibility index (Phi) is 4.45. The van der Waals surface area contributed by atoms with Crippen molar-refractivity contribution in [3.05, 3.63) is 57.6 Å². The van der Waals surface area contributed by atoms with Crippen LogP contribution in [-0.2, 0) is 0 Å². The lowest BCUT2D eigenvalue weighted by atomic mass is 10.1. The molecule has 20 heavy (non-hydrogen) atoms. The summed E-state index contributed by atoms with van der Waals surface area (Å²) in [7, 11) is 0. The van der Waals surface area contributed by atoms with E-state index >= 15 is 0 Å². The summed E-state index contributed by atoms with van der Waals surface area (Å²) in [5.74, 6) is -1.68. The van der Waals surface area contributed by atoms with Gasteiger partial charge in [-0.2, -0.15) is 0 Å². The highest BCUT2D eigenvalue weighted by atomic mass is 79.9. The van der Waals surface area contributed by atoms with E-state index in [2.05, 4.69) is 33.9 Å². The van der Waals surface area contributed by atoms with Gasteiger partial charge in [-0.15, -0.1) is 12.6 Å². The second kappa shape index (κ2) is 5.93. The maximum absolute atomic E-state index is 13.6. The summed E-state index contributed by atoms with van der Waals surface area (Å²) in [4.78, 5) is 12.5. The summed E-state index contributed by atoms with van der Waals surface area (Å²) < 4.78 is 27.1. The molecular formula is C14H10BrF2NOS. The first-order valence-electron chi connectivity index (χ1n) is 5.64. The molecule has 2 aromatic rings. The number of hydrogen-bond donors (Lipinski definition) is 2. The third-order valence-electron chi connectivity index (χ3n) is 2.71. The second-order valence-electron chi connectivity index (χ2n) is 4.20. The number of amides is 1. The second-order valence-corrected chi connectivity index (χ2v) is 5.57. The van der Waals surface area contributed by atoms with Gasteiger partial charge >= 0.3 is 0 Å². The molecule has 0 radical (unpaired) electrons. The Morgan fingerprint density at radius 2 is 1.90 bits per heavy atom. The molecule has 0 unspecified atom stereocenters. The van der Waals surface area contributed by atoms with E-state index in [0.29, 0.717) is 16.1 Å². The first-order chi connectivity index (χ1) is 9.38. The minimum absolute atomic E-state index is 0.114. The maximum atomic E-state index is 13.6. The minimum Gasteiger partial charge on any atom is -0.322 e. The first-order valence-corrected chi connectivity index (χ1v) is 6.88. The highest BCUT2D eigenvalue weighted by molar-refractivity contribution is 9.10. The Hall–Kier alpha value is -1.40. The normalized spacial score (nSPS) is 10.4. The van der Waals surface area contributed by atoms with Gasteiger partial charge in [0.05, 0.1) is 10.0 Å². The van der Waals surface area contributed by atoms with E-state index in [0.717, 1.165) is 0 Å². The molecule has 0 spiro atoms. The fourth-order valence-corrected chi connectivity index (χ4v) is 2.20. The van der Waals surface area contributed by atoms with Crippen LogP contribution in [0.4, 0.5) is 14.5 Å². The van der Waals surface area contributed by atoms with Crippen LogP contribution in [0.25, 0.3) is 0 Å². The molecule has 0 aliphatic rings. The van der Waals surface area contributed by atoms with Crippen LogP contribution >= 0.6 is 28.6 Å². The van der Waals surface area contributed by atoms with Crippen molar-refractivity contribution >= 4 is 40.2 Å². The molecule has 1 N–H and O–H groups in total. The first kappa shape index (κ1) is 15.0. The van der Waals surface area contributed by atoms with Crippen molar-refractivity contribution < 1.29 is 13.6 Å². The number of nitrogens with one attached hydrogen (secondary N) is 1. The van der Waals surface area contributed by atoms with Crippen molar-refractivity contribution in [1.82, 2.24) is 0 Å². The average molecular weight is 358 g/mol. The van der Waals surface area contributed by atoms with E-state index in [1.54, 1.807) is 6.92 Å². The van der Waals surface area contributed by atoms with Gasteiger partial charge in [0.25, 0.3) is 5.91 Å². The molecule has 0 aliphatic heterocycles. The number of carbonyl (C=O) groups is 1. The monoisotopic (exact) mass is 357 g/mol. The molecule has 0 aliphatic carbocycles. The van der Waals surface area contributed by atoms with E-state index in [-0.39, 0.29) is 10.0 Å². The largest absolute Gasteiger partial charge is 0.322 e. The molecule has 104 valence electrons. The smallest absolute Gasteiger partial charge is 0.258 e. The number of hydrogen-bond acceptors (Lipinski definition) is 2. The number of aryl methyl sites for hydroxylation is 1. The van der Waals surface area contributed by atoms with Gasteiger partial charge in [-0.05, 0) is 58.7 Å². The van der Waals surface area contributed by atoms with Gasteiger partial charge in [-0.25, -0.2) is 8.78 Å². The summed E-state index contributed by atoms with van der Waals surface area (Å²) in [6, 6.07) is 6.68. The number of halogens is 3. The Labute approximate surface area is 128 Å².